The minimum Gasteiger partial charge on any atom is -0.348 e. The van der Waals surface area contributed by atoms with Gasteiger partial charge in [-0.05, 0) is 31.9 Å². The van der Waals surface area contributed by atoms with Crippen LogP contribution in [-0.2, 0) is 16.0 Å². The summed E-state index contributed by atoms with van der Waals surface area (Å²) in [7, 11) is 0. The largest absolute Gasteiger partial charge is 0.409 e. The van der Waals surface area contributed by atoms with Crippen molar-refractivity contribution in [2.24, 2.45) is 0 Å². The zero-order valence-corrected chi connectivity index (χ0v) is 13.5. The first kappa shape index (κ1) is 18.0. The van der Waals surface area contributed by atoms with Crippen molar-refractivity contribution in [3.63, 3.8) is 0 Å². The van der Waals surface area contributed by atoms with E-state index in [0.717, 1.165) is 5.56 Å². The third kappa shape index (κ3) is 5.64. The molecular weight excluding hydrogens is 307 g/mol. The van der Waals surface area contributed by atoms with Crippen molar-refractivity contribution in [3.05, 3.63) is 47.5 Å². The number of alkyl halides is 3. The zero-order chi connectivity index (χ0) is 17.1. The molecule has 1 aromatic carbocycles. The number of allylic oxidation sites excluding steroid dienone is 1. The Morgan fingerprint density at radius 3 is 2.52 bits per heavy atom. The third-order valence-corrected chi connectivity index (χ3v) is 3.65. The topological polar surface area (TPSA) is 30.5 Å². The van der Waals surface area contributed by atoms with Crippen LogP contribution in [0.2, 0.25) is 0 Å². The zero-order valence-electron chi connectivity index (χ0n) is 13.5. The molecule has 23 heavy (non-hydrogen) atoms. The van der Waals surface area contributed by atoms with Crippen LogP contribution in [0, 0.1) is 0 Å². The van der Waals surface area contributed by atoms with Gasteiger partial charge >= 0.3 is 6.18 Å². The maximum atomic E-state index is 12.7. The van der Waals surface area contributed by atoms with Gasteiger partial charge in [0.2, 0.25) is 0 Å². The fourth-order valence-electron chi connectivity index (χ4n) is 2.64. The van der Waals surface area contributed by atoms with E-state index in [-0.39, 0.29) is 12.2 Å². The van der Waals surface area contributed by atoms with E-state index in [1.54, 1.807) is 13.8 Å². The first-order valence-corrected chi connectivity index (χ1v) is 7.51. The van der Waals surface area contributed by atoms with Crippen LogP contribution < -0.4 is 5.32 Å². The molecule has 3 nitrogen and oxygen atoms in total. The summed E-state index contributed by atoms with van der Waals surface area (Å²) in [6.07, 6.45) is -4.50. The van der Waals surface area contributed by atoms with E-state index >= 15 is 0 Å². The lowest BCUT2D eigenvalue weighted by molar-refractivity contribution is -0.140. The second-order valence-corrected chi connectivity index (χ2v) is 6.14. The highest BCUT2D eigenvalue weighted by molar-refractivity contribution is 5.18. The van der Waals surface area contributed by atoms with Crippen LogP contribution in [0.1, 0.15) is 26.3 Å². The quantitative estimate of drug-likeness (QED) is 0.834. The minimum atomic E-state index is -4.36. The second-order valence-electron chi connectivity index (χ2n) is 6.14. The van der Waals surface area contributed by atoms with Crippen LogP contribution in [-0.4, -0.2) is 30.7 Å². The standard InChI is InChI=1S/C17H22F3NO2/c1-12(9-17(18,19)20)15(14-11-22-16(2,3)23-14)21-10-13-7-5-4-6-8-13/h4-9,14-15,21H,10-11H2,1-3H3/t14-,15?/m1/s1. The molecule has 128 valence electrons. The summed E-state index contributed by atoms with van der Waals surface area (Å²) in [4.78, 5) is 0. The molecule has 0 radical (unpaired) electrons. The minimum absolute atomic E-state index is 0.180. The molecule has 1 N–H and O–H groups in total. The van der Waals surface area contributed by atoms with Gasteiger partial charge in [0.1, 0.15) is 6.10 Å². The molecule has 6 heteroatoms. The fourth-order valence-corrected chi connectivity index (χ4v) is 2.64. The van der Waals surface area contributed by atoms with Gasteiger partial charge in [-0.15, -0.1) is 0 Å². The van der Waals surface area contributed by atoms with Crippen LogP contribution in [0.25, 0.3) is 0 Å². The van der Waals surface area contributed by atoms with Gasteiger partial charge in [-0.25, -0.2) is 0 Å². The van der Waals surface area contributed by atoms with E-state index in [9.17, 15) is 13.2 Å². The number of hydrogen-bond donors (Lipinski definition) is 1. The van der Waals surface area contributed by atoms with Gasteiger partial charge in [0.25, 0.3) is 0 Å². The Kier molecular flexibility index (Phi) is 5.49. The van der Waals surface area contributed by atoms with Gasteiger partial charge in [-0.2, -0.15) is 13.2 Å². The summed E-state index contributed by atoms with van der Waals surface area (Å²) in [6.45, 7) is 5.68. The normalized spacial score (nSPS) is 23.0. The van der Waals surface area contributed by atoms with Crippen molar-refractivity contribution in [1.82, 2.24) is 5.32 Å². The summed E-state index contributed by atoms with van der Waals surface area (Å²) in [5.74, 6) is -0.782. The van der Waals surface area contributed by atoms with Gasteiger partial charge in [0.15, 0.2) is 5.79 Å². The van der Waals surface area contributed by atoms with Crippen molar-refractivity contribution in [1.29, 1.82) is 0 Å². The predicted molar refractivity (Wildman–Crippen MR) is 81.8 cm³/mol. The molecule has 0 spiro atoms. The van der Waals surface area contributed by atoms with E-state index in [0.29, 0.717) is 12.6 Å². The highest BCUT2D eigenvalue weighted by Gasteiger charge is 2.39. The van der Waals surface area contributed by atoms with Crippen molar-refractivity contribution >= 4 is 0 Å². The summed E-state index contributed by atoms with van der Waals surface area (Å²) in [5, 5.41) is 3.16. The smallest absolute Gasteiger partial charge is 0.348 e. The average Bonchev–Trinajstić information content (AvgIpc) is 2.78. The van der Waals surface area contributed by atoms with Gasteiger partial charge in [-0.1, -0.05) is 30.3 Å². The van der Waals surface area contributed by atoms with Crippen LogP contribution in [0.15, 0.2) is 42.0 Å². The highest BCUT2D eigenvalue weighted by Crippen LogP contribution is 2.28. The average molecular weight is 329 g/mol. The van der Waals surface area contributed by atoms with Gasteiger partial charge in [-0.3, -0.25) is 0 Å². The van der Waals surface area contributed by atoms with Crippen molar-refractivity contribution in [2.45, 2.75) is 51.4 Å². The molecule has 0 saturated carbocycles. The van der Waals surface area contributed by atoms with Crippen LogP contribution in [0.5, 0.6) is 0 Å². The van der Waals surface area contributed by atoms with Gasteiger partial charge in [0, 0.05) is 12.6 Å². The molecule has 1 aliphatic rings. The summed E-state index contributed by atoms with van der Waals surface area (Å²) < 4.78 is 49.3. The molecule has 0 amide bonds. The Morgan fingerprint density at radius 2 is 2.00 bits per heavy atom. The summed E-state index contributed by atoms with van der Waals surface area (Å²) >= 11 is 0. The number of ether oxygens (including phenoxy) is 2. The maximum absolute atomic E-state index is 12.7. The Bertz CT molecular complexity index is 541. The molecule has 1 fully saturated rings. The first-order chi connectivity index (χ1) is 10.7. The Balaban J connectivity index is 2.13. The molecule has 2 atom stereocenters. The van der Waals surface area contributed by atoms with Crippen molar-refractivity contribution in [2.75, 3.05) is 6.61 Å². The highest BCUT2D eigenvalue weighted by atomic mass is 19.4. The number of nitrogens with one attached hydrogen (secondary N) is 1. The molecule has 1 unspecified atom stereocenters. The van der Waals surface area contributed by atoms with E-state index in [4.69, 9.17) is 9.47 Å². The molecule has 1 saturated heterocycles. The monoisotopic (exact) mass is 329 g/mol. The fraction of sp³-hybridized carbons (Fsp3) is 0.529. The van der Waals surface area contributed by atoms with E-state index in [1.165, 1.54) is 6.92 Å². The molecule has 2 rings (SSSR count). The molecule has 0 bridgehead atoms. The predicted octanol–water partition coefficient (Wildman–Crippen LogP) is 3.80. The molecule has 0 aliphatic carbocycles. The number of benzene rings is 1. The number of rotatable bonds is 5. The van der Waals surface area contributed by atoms with Gasteiger partial charge in [0.05, 0.1) is 12.6 Å². The van der Waals surface area contributed by atoms with E-state index in [2.05, 4.69) is 5.32 Å². The van der Waals surface area contributed by atoms with Crippen LogP contribution in [0.3, 0.4) is 0 Å². The van der Waals surface area contributed by atoms with E-state index < -0.39 is 24.1 Å². The Morgan fingerprint density at radius 1 is 1.35 bits per heavy atom. The first-order valence-electron chi connectivity index (χ1n) is 7.51. The lowest BCUT2D eigenvalue weighted by Crippen LogP contribution is -2.43. The van der Waals surface area contributed by atoms with E-state index in [1.807, 2.05) is 30.3 Å². The van der Waals surface area contributed by atoms with Crippen molar-refractivity contribution < 1.29 is 22.6 Å². The van der Waals surface area contributed by atoms with Gasteiger partial charge < -0.3 is 14.8 Å². The summed E-state index contributed by atoms with van der Waals surface area (Å²) in [5.41, 5.74) is 1.18. The Hall–Kier alpha value is -1.37. The summed E-state index contributed by atoms with van der Waals surface area (Å²) in [6, 6.07) is 8.95. The molecule has 0 aromatic heterocycles. The molecule has 1 aromatic rings. The second kappa shape index (κ2) is 7.03. The third-order valence-electron chi connectivity index (χ3n) is 3.65. The lowest BCUT2D eigenvalue weighted by atomic mass is 10.0. The maximum Gasteiger partial charge on any atom is 0.409 e. The Labute approximate surface area is 134 Å². The number of halogens is 3. The van der Waals surface area contributed by atoms with Crippen LogP contribution >= 0.6 is 0 Å². The molecular formula is C17H22F3NO2. The molecule has 1 heterocycles. The SMILES string of the molecule is CC(=CC(F)(F)F)C(NCc1ccccc1)[C@H]1COC(C)(C)O1. The van der Waals surface area contributed by atoms with Crippen LogP contribution in [0.4, 0.5) is 13.2 Å². The van der Waals surface area contributed by atoms with Crippen molar-refractivity contribution in [3.8, 4) is 0 Å². The molecule has 1 aliphatic heterocycles. The lowest BCUT2D eigenvalue weighted by Gasteiger charge is -2.26. The number of hydrogen-bond acceptors (Lipinski definition) is 3.